The molecule has 0 atom stereocenters. The number of halogens is 2. The quantitative estimate of drug-likeness (QED) is 0.942. The molecule has 0 bridgehead atoms. The van der Waals surface area contributed by atoms with Crippen LogP contribution in [0.1, 0.15) is 27.0 Å². The first kappa shape index (κ1) is 14.7. The lowest BCUT2D eigenvalue weighted by molar-refractivity contribution is 0.0950. The van der Waals surface area contributed by atoms with Gasteiger partial charge in [-0.05, 0) is 42.8 Å². The molecule has 0 saturated carbocycles. The third-order valence-electron chi connectivity index (χ3n) is 3.05. The molecular formula is C16H12F2N2O. The molecule has 0 saturated heterocycles. The summed E-state index contributed by atoms with van der Waals surface area (Å²) in [6, 6.07) is 9.73. The zero-order valence-electron chi connectivity index (χ0n) is 11.3. The third-order valence-corrected chi connectivity index (χ3v) is 3.05. The van der Waals surface area contributed by atoms with Gasteiger partial charge in [0.25, 0.3) is 5.91 Å². The fraction of sp³-hybridized carbons (Fsp3) is 0.125. The summed E-state index contributed by atoms with van der Waals surface area (Å²) in [7, 11) is 0. The minimum absolute atomic E-state index is 0.00675. The number of hydrogen-bond acceptors (Lipinski definition) is 2. The van der Waals surface area contributed by atoms with Crippen LogP contribution in [-0.4, -0.2) is 5.91 Å². The van der Waals surface area contributed by atoms with Crippen LogP contribution in [0.25, 0.3) is 0 Å². The van der Waals surface area contributed by atoms with E-state index in [2.05, 4.69) is 5.32 Å². The number of carbonyl (C=O) groups excluding carboxylic acids is 1. The van der Waals surface area contributed by atoms with Gasteiger partial charge in [-0.1, -0.05) is 6.07 Å². The first-order chi connectivity index (χ1) is 10.0. The van der Waals surface area contributed by atoms with Crippen molar-refractivity contribution in [2.45, 2.75) is 13.5 Å². The highest BCUT2D eigenvalue weighted by molar-refractivity contribution is 5.95. The number of aryl methyl sites for hydroxylation is 1. The maximum absolute atomic E-state index is 13.7. The Morgan fingerprint density at radius 1 is 1.24 bits per heavy atom. The smallest absolute Gasteiger partial charge is 0.251 e. The lowest BCUT2D eigenvalue weighted by atomic mass is 10.1. The van der Waals surface area contributed by atoms with Crippen LogP contribution in [0.4, 0.5) is 8.78 Å². The van der Waals surface area contributed by atoms with Gasteiger partial charge in [-0.25, -0.2) is 8.78 Å². The Bertz CT molecular complexity index is 736. The number of benzene rings is 2. The first-order valence-electron chi connectivity index (χ1n) is 6.24. The Morgan fingerprint density at radius 2 is 2.00 bits per heavy atom. The summed E-state index contributed by atoms with van der Waals surface area (Å²) in [5.41, 5.74) is 1.34. The fourth-order valence-corrected chi connectivity index (χ4v) is 1.91. The van der Waals surface area contributed by atoms with E-state index in [9.17, 15) is 13.6 Å². The Balaban J connectivity index is 2.09. The van der Waals surface area contributed by atoms with Gasteiger partial charge in [0, 0.05) is 17.7 Å². The van der Waals surface area contributed by atoms with Crippen LogP contribution in [0.5, 0.6) is 0 Å². The van der Waals surface area contributed by atoms with Gasteiger partial charge in [-0.3, -0.25) is 4.79 Å². The standard InChI is InChI=1S/C16H12F2N2O/c1-10-6-13(17)4-5-14(10)16(21)20-9-12-3-2-11(8-19)7-15(12)18/h2-7H,9H2,1H3,(H,20,21). The number of nitrogens with one attached hydrogen (secondary N) is 1. The van der Waals surface area contributed by atoms with Gasteiger partial charge in [0.2, 0.25) is 0 Å². The lowest BCUT2D eigenvalue weighted by Gasteiger charge is -2.08. The van der Waals surface area contributed by atoms with Crippen LogP contribution >= 0.6 is 0 Å². The highest BCUT2D eigenvalue weighted by Gasteiger charge is 2.11. The summed E-state index contributed by atoms with van der Waals surface area (Å²) >= 11 is 0. The largest absolute Gasteiger partial charge is 0.348 e. The van der Waals surface area contributed by atoms with Gasteiger partial charge in [0.05, 0.1) is 11.6 Å². The summed E-state index contributed by atoms with van der Waals surface area (Å²) in [4.78, 5) is 12.0. The minimum atomic E-state index is -0.551. The van der Waals surface area contributed by atoms with E-state index < -0.39 is 17.5 Å². The van der Waals surface area contributed by atoms with Crippen molar-refractivity contribution in [3.05, 3.63) is 70.3 Å². The summed E-state index contributed by atoms with van der Waals surface area (Å²) in [6.45, 7) is 1.62. The Kier molecular flexibility index (Phi) is 4.29. The van der Waals surface area contributed by atoms with Crippen molar-refractivity contribution < 1.29 is 13.6 Å². The van der Waals surface area contributed by atoms with Crippen molar-refractivity contribution >= 4 is 5.91 Å². The summed E-state index contributed by atoms with van der Waals surface area (Å²) < 4.78 is 26.6. The molecule has 0 aliphatic heterocycles. The van der Waals surface area contributed by atoms with Gasteiger partial charge in [0.15, 0.2) is 0 Å². The van der Waals surface area contributed by atoms with Crippen LogP contribution < -0.4 is 5.32 Å². The molecule has 3 nitrogen and oxygen atoms in total. The van der Waals surface area contributed by atoms with E-state index in [1.165, 1.54) is 30.3 Å². The number of nitriles is 1. The van der Waals surface area contributed by atoms with Crippen molar-refractivity contribution in [2.75, 3.05) is 0 Å². The monoisotopic (exact) mass is 286 g/mol. The van der Waals surface area contributed by atoms with E-state index in [0.717, 1.165) is 6.07 Å². The van der Waals surface area contributed by atoms with Gasteiger partial charge >= 0.3 is 0 Å². The molecule has 21 heavy (non-hydrogen) atoms. The van der Waals surface area contributed by atoms with Crippen molar-refractivity contribution in [2.24, 2.45) is 0 Å². The molecular weight excluding hydrogens is 274 g/mol. The highest BCUT2D eigenvalue weighted by atomic mass is 19.1. The van der Waals surface area contributed by atoms with E-state index in [-0.39, 0.29) is 17.7 Å². The molecule has 1 amide bonds. The molecule has 0 aliphatic carbocycles. The zero-order valence-corrected chi connectivity index (χ0v) is 11.3. The van der Waals surface area contributed by atoms with Gasteiger partial charge < -0.3 is 5.32 Å². The number of nitrogens with zero attached hydrogens (tertiary/aromatic N) is 1. The maximum atomic E-state index is 13.7. The van der Waals surface area contributed by atoms with Crippen molar-refractivity contribution in [3.63, 3.8) is 0 Å². The van der Waals surface area contributed by atoms with Gasteiger partial charge in [0.1, 0.15) is 11.6 Å². The third kappa shape index (κ3) is 3.42. The van der Waals surface area contributed by atoms with E-state index >= 15 is 0 Å². The van der Waals surface area contributed by atoms with Crippen molar-refractivity contribution in [1.82, 2.24) is 5.32 Å². The van der Waals surface area contributed by atoms with Gasteiger partial charge in [-0.15, -0.1) is 0 Å². The second-order valence-electron chi connectivity index (χ2n) is 4.56. The molecule has 0 unspecified atom stereocenters. The SMILES string of the molecule is Cc1cc(F)ccc1C(=O)NCc1ccc(C#N)cc1F. The zero-order chi connectivity index (χ0) is 15.4. The molecule has 1 N–H and O–H groups in total. The highest BCUT2D eigenvalue weighted by Crippen LogP contribution is 2.12. The second kappa shape index (κ2) is 6.14. The summed E-state index contributed by atoms with van der Waals surface area (Å²) in [5.74, 6) is -1.37. The van der Waals surface area contributed by atoms with E-state index in [0.29, 0.717) is 11.1 Å². The van der Waals surface area contributed by atoms with Crippen LogP contribution in [0.2, 0.25) is 0 Å². The lowest BCUT2D eigenvalue weighted by Crippen LogP contribution is -2.24. The predicted molar refractivity (Wildman–Crippen MR) is 73.4 cm³/mol. The van der Waals surface area contributed by atoms with Crippen LogP contribution in [-0.2, 0) is 6.54 Å². The normalized spacial score (nSPS) is 10.0. The van der Waals surface area contributed by atoms with Crippen LogP contribution in [0.15, 0.2) is 36.4 Å². The van der Waals surface area contributed by atoms with E-state index in [1.807, 2.05) is 6.07 Å². The topological polar surface area (TPSA) is 52.9 Å². The van der Waals surface area contributed by atoms with Gasteiger partial charge in [-0.2, -0.15) is 5.26 Å². The maximum Gasteiger partial charge on any atom is 0.251 e. The summed E-state index contributed by atoms with van der Waals surface area (Å²) in [6.07, 6.45) is 0. The molecule has 2 aromatic carbocycles. The number of rotatable bonds is 3. The molecule has 0 heterocycles. The Labute approximate surface area is 120 Å². The molecule has 106 valence electrons. The Morgan fingerprint density at radius 3 is 2.62 bits per heavy atom. The molecule has 2 rings (SSSR count). The molecule has 0 spiro atoms. The average molecular weight is 286 g/mol. The minimum Gasteiger partial charge on any atom is -0.348 e. The molecule has 0 radical (unpaired) electrons. The van der Waals surface area contributed by atoms with E-state index in [4.69, 9.17) is 5.26 Å². The fourth-order valence-electron chi connectivity index (χ4n) is 1.91. The predicted octanol–water partition coefficient (Wildman–Crippen LogP) is 3.07. The molecule has 0 fully saturated rings. The number of carbonyl (C=O) groups is 1. The molecule has 2 aromatic rings. The summed E-state index contributed by atoms with van der Waals surface area (Å²) in [5, 5.41) is 11.2. The van der Waals surface area contributed by atoms with Crippen molar-refractivity contribution in [3.8, 4) is 6.07 Å². The molecule has 0 aliphatic rings. The number of amides is 1. The molecule has 5 heteroatoms. The van der Waals surface area contributed by atoms with Crippen LogP contribution in [0.3, 0.4) is 0 Å². The second-order valence-corrected chi connectivity index (χ2v) is 4.56. The van der Waals surface area contributed by atoms with E-state index in [1.54, 1.807) is 6.92 Å². The van der Waals surface area contributed by atoms with Crippen molar-refractivity contribution in [1.29, 1.82) is 5.26 Å². The molecule has 0 aromatic heterocycles. The average Bonchev–Trinajstić information content (AvgIpc) is 2.45. The Hall–Kier alpha value is -2.74. The van der Waals surface area contributed by atoms with Crippen LogP contribution in [0, 0.1) is 29.9 Å². The first-order valence-corrected chi connectivity index (χ1v) is 6.24. The number of hydrogen-bond donors (Lipinski definition) is 1.